The molecule has 8 heteroatoms. The van der Waals surface area contributed by atoms with Gasteiger partial charge in [0, 0.05) is 36.1 Å². The Kier molecular flexibility index (Phi) is 5.77. The number of halogens is 2. The lowest BCUT2D eigenvalue weighted by molar-refractivity contribution is 0.267. The van der Waals surface area contributed by atoms with Crippen LogP contribution in [0.3, 0.4) is 0 Å². The number of aromatic hydroxyl groups is 1. The molecule has 0 fully saturated rings. The van der Waals surface area contributed by atoms with Crippen LogP contribution in [0.25, 0.3) is 11.3 Å². The highest BCUT2D eigenvalue weighted by molar-refractivity contribution is 5.57. The number of anilines is 1. The van der Waals surface area contributed by atoms with Crippen molar-refractivity contribution in [3.63, 3.8) is 0 Å². The van der Waals surface area contributed by atoms with Crippen molar-refractivity contribution in [2.45, 2.75) is 31.9 Å². The van der Waals surface area contributed by atoms with Gasteiger partial charge < -0.3 is 10.4 Å². The quantitative estimate of drug-likeness (QED) is 0.642. The Morgan fingerprint density at radius 2 is 1.86 bits per heavy atom. The summed E-state index contributed by atoms with van der Waals surface area (Å²) in [5, 5.41) is 12.4. The highest BCUT2D eigenvalue weighted by atomic mass is 19.1. The molecule has 3 aromatic heterocycles. The largest absolute Gasteiger partial charge is 0.506 e. The van der Waals surface area contributed by atoms with E-state index in [-0.39, 0.29) is 24.4 Å². The number of hydrogen-bond acceptors (Lipinski definition) is 6. The van der Waals surface area contributed by atoms with Gasteiger partial charge in [-0.1, -0.05) is 6.92 Å². The summed E-state index contributed by atoms with van der Waals surface area (Å²) in [6, 6.07) is 6.01. The first-order chi connectivity index (χ1) is 13.4. The van der Waals surface area contributed by atoms with Crippen molar-refractivity contribution in [3.8, 4) is 17.0 Å². The van der Waals surface area contributed by atoms with Crippen molar-refractivity contribution in [1.82, 2.24) is 19.9 Å². The topological polar surface area (TPSA) is 83.8 Å². The summed E-state index contributed by atoms with van der Waals surface area (Å²) in [5.74, 6) is -0.0650. The minimum Gasteiger partial charge on any atom is -0.506 e. The van der Waals surface area contributed by atoms with Crippen LogP contribution in [0.2, 0.25) is 0 Å². The lowest BCUT2D eigenvalue weighted by Gasteiger charge is -2.30. The fraction of sp³-hybridized carbons (Fsp3) is 0.300. The highest BCUT2D eigenvalue weighted by Crippen LogP contribution is 2.30. The molecule has 0 spiro atoms. The maximum absolute atomic E-state index is 14.3. The predicted octanol–water partition coefficient (Wildman–Crippen LogP) is 3.90. The lowest BCUT2D eigenvalue weighted by atomic mass is 9.81. The van der Waals surface area contributed by atoms with Crippen LogP contribution in [0, 0.1) is 5.82 Å². The zero-order valence-electron chi connectivity index (χ0n) is 15.6. The van der Waals surface area contributed by atoms with Crippen molar-refractivity contribution in [2.24, 2.45) is 0 Å². The van der Waals surface area contributed by atoms with Crippen LogP contribution < -0.4 is 5.32 Å². The number of nitrogens with one attached hydrogen (secondary N) is 1. The predicted molar refractivity (Wildman–Crippen MR) is 102 cm³/mol. The monoisotopic (exact) mass is 385 g/mol. The molecule has 3 heterocycles. The van der Waals surface area contributed by atoms with Gasteiger partial charge >= 0.3 is 0 Å². The summed E-state index contributed by atoms with van der Waals surface area (Å²) >= 11 is 0. The molecule has 0 aliphatic rings. The minimum absolute atomic E-state index is 0.0751. The molecule has 0 amide bonds. The van der Waals surface area contributed by atoms with Crippen molar-refractivity contribution in [1.29, 1.82) is 0 Å². The van der Waals surface area contributed by atoms with E-state index in [1.54, 1.807) is 25.4 Å². The third kappa shape index (κ3) is 4.57. The van der Waals surface area contributed by atoms with Crippen molar-refractivity contribution >= 4 is 5.95 Å². The maximum Gasteiger partial charge on any atom is 0.222 e. The third-order valence-electron chi connectivity index (χ3n) is 4.39. The fourth-order valence-electron chi connectivity index (χ4n) is 3.09. The van der Waals surface area contributed by atoms with Crippen molar-refractivity contribution in [2.75, 3.05) is 11.9 Å². The van der Waals surface area contributed by atoms with Gasteiger partial charge in [0.25, 0.3) is 0 Å². The second-order valence-electron chi connectivity index (χ2n) is 6.93. The molecule has 0 aromatic carbocycles. The van der Waals surface area contributed by atoms with E-state index in [1.807, 2.05) is 0 Å². The molecule has 0 aliphatic carbocycles. The van der Waals surface area contributed by atoms with E-state index in [0.29, 0.717) is 17.2 Å². The molecule has 0 saturated carbocycles. The Bertz CT molecular complexity index is 919. The van der Waals surface area contributed by atoms with Gasteiger partial charge in [0.05, 0.1) is 23.8 Å². The van der Waals surface area contributed by atoms with Crippen LogP contribution in [-0.4, -0.2) is 37.8 Å². The van der Waals surface area contributed by atoms with Gasteiger partial charge in [-0.3, -0.25) is 9.97 Å². The van der Waals surface area contributed by atoms with E-state index in [1.165, 1.54) is 37.5 Å². The molecule has 28 heavy (non-hydrogen) atoms. The molecule has 0 radical (unpaired) electrons. The number of alkyl halides is 1. The van der Waals surface area contributed by atoms with Gasteiger partial charge in [-0.2, -0.15) is 0 Å². The zero-order valence-corrected chi connectivity index (χ0v) is 15.6. The molecule has 0 aliphatic heterocycles. The summed E-state index contributed by atoms with van der Waals surface area (Å²) in [6.07, 6.45) is 4.99. The number of hydrogen-bond donors (Lipinski definition) is 2. The van der Waals surface area contributed by atoms with E-state index < -0.39 is 17.4 Å². The minimum atomic E-state index is -1.13. The van der Waals surface area contributed by atoms with Crippen molar-refractivity contribution in [3.05, 3.63) is 60.6 Å². The van der Waals surface area contributed by atoms with Crippen LogP contribution >= 0.6 is 0 Å². The van der Waals surface area contributed by atoms with Gasteiger partial charge in [-0.15, -0.1) is 0 Å². The van der Waals surface area contributed by atoms with Gasteiger partial charge in [0.1, 0.15) is 11.6 Å². The Morgan fingerprint density at radius 3 is 2.46 bits per heavy atom. The lowest BCUT2D eigenvalue weighted by Crippen LogP contribution is -2.36. The normalized spacial score (nSPS) is 14.3. The number of aromatic nitrogens is 4. The van der Waals surface area contributed by atoms with E-state index in [4.69, 9.17) is 0 Å². The molecule has 3 rings (SSSR count). The number of rotatable bonds is 7. The zero-order chi connectivity index (χ0) is 20.1. The SMILES string of the molecule is C[C@@H](F)C[C@](C)(CNc1ncc(-c2ccc(O)cn2)cn1)c1ncccc1F. The summed E-state index contributed by atoms with van der Waals surface area (Å²) in [5.41, 5.74) is 0.634. The van der Waals surface area contributed by atoms with E-state index in [0.717, 1.165) is 0 Å². The van der Waals surface area contributed by atoms with Crippen LogP contribution in [-0.2, 0) is 5.41 Å². The maximum atomic E-state index is 14.3. The molecule has 0 saturated heterocycles. The smallest absolute Gasteiger partial charge is 0.222 e. The molecule has 146 valence electrons. The number of pyridine rings is 2. The van der Waals surface area contributed by atoms with Crippen LogP contribution in [0.4, 0.5) is 14.7 Å². The van der Waals surface area contributed by atoms with E-state index in [9.17, 15) is 13.9 Å². The summed E-state index contributed by atoms with van der Waals surface area (Å²) in [4.78, 5) is 16.7. The van der Waals surface area contributed by atoms with Gasteiger partial charge in [-0.25, -0.2) is 18.7 Å². The molecular weight excluding hydrogens is 364 g/mol. The molecule has 3 aromatic rings. The summed E-state index contributed by atoms with van der Waals surface area (Å²) in [7, 11) is 0. The standard InChI is InChI=1S/C20H21F2N5O/c1-13(21)8-20(2,18-16(22)4-3-7-23-18)12-27-19-25-9-14(10-26-19)17-6-5-15(28)11-24-17/h3-7,9-11,13,28H,8,12H2,1-2H3,(H,25,26,27)/t13-,20-/m1/s1. The van der Waals surface area contributed by atoms with E-state index in [2.05, 4.69) is 25.3 Å². The average molecular weight is 385 g/mol. The van der Waals surface area contributed by atoms with Gasteiger partial charge in [0.15, 0.2) is 0 Å². The molecular formula is C20H21F2N5O. The summed E-state index contributed by atoms with van der Waals surface area (Å²) in [6.45, 7) is 3.41. The Labute approximate surface area is 161 Å². The fourth-order valence-corrected chi connectivity index (χ4v) is 3.09. The second kappa shape index (κ2) is 8.24. The molecule has 2 N–H and O–H groups in total. The summed E-state index contributed by atoms with van der Waals surface area (Å²) < 4.78 is 28.0. The first-order valence-corrected chi connectivity index (χ1v) is 8.84. The van der Waals surface area contributed by atoms with Crippen LogP contribution in [0.1, 0.15) is 26.0 Å². The first-order valence-electron chi connectivity index (χ1n) is 8.84. The van der Waals surface area contributed by atoms with Crippen molar-refractivity contribution < 1.29 is 13.9 Å². The molecule has 6 nitrogen and oxygen atoms in total. The van der Waals surface area contributed by atoms with E-state index >= 15 is 0 Å². The average Bonchev–Trinajstić information content (AvgIpc) is 2.67. The first kappa shape index (κ1) is 19.6. The Morgan fingerprint density at radius 1 is 1.11 bits per heavy atom. The molecule has 2 atom stereocenters. The van der Waals surface area contributed by atoms with Crippen LogP contribution in [0.5, 0.6) is 5.75 Å². The highest BCUT2D eigenvalue weighted by Gasteiger charge is 2.33. The number of nitrogens with zero attached hydrogens (tertiary/aromatic N) is 4. The van der Waals surface area contributed by atoms with Gasteiger partial charge in [0.2, 0.25) is 5.95 Å². The molecule has 0 unspecified atom stereocenters. The van der Waals surface area contributed by atoms with Crippen LogP contribution in [0.15, 0.2) is 49.1 Å². The Balaban J connectivity index is 1.76. The molecule has 0 bridgehead atoms. The second-order valence-corrected chi connectivity index (χ2v) is 6.93. The third-order valence-corrected chi connectivity index (χ3v) is 4.39. The van der Waals surface area contributed by atoms with Gasteiger partial charge in [-0.05, 0) is 37.6 Å². The Hall–Kier alpha value is -3.16.